The first kappa shape index (κ1) is 17.4. The lowest BCUT2D eigenvalue weighted by atomic mass is 9.92. The van der Waals surface area contributed by atoms with Crippen molar-refractivity contribution in [3.63, 3.8) is 0 Å². The van der Waals surface area contributed by atoms with E-state index in [2.05, 4.69) is 15.5 Å². The Kier molecular flexibility index (Phi) is 7.74. The number of hydrogen-bond acceptors (Lipinski definition) is 4. The number of likely N-dealkylation sites (tertiary alicyclic amines) is 1. The molecule has 7 heteroatoms. The van der Waals surface area contributed by atoms with E-state index in [9.17, 15) is 14.4 Å². The second-order valence-electron chi connectivity index (χ2n) is 5.48. The SMILES string of the molecule is CC(=O)NCCNC(=O)CN1CCC(CCC(=O)O)CC1. The molecule has 3 N–H and O–H groups in total. The highest BCUT2D eigenvalue weighted by atomic mass is 16.4. The molecule has 1 aliphatic heterocycles. The molecule has 0 atom stereocenters. The van der Waals surface area contributed by atoms with Gasteiger partial charge < -0.3 is 15.7 Å². The quantitative estimate of drug-likeness (QED) is 0.540. The fraction of sp³-hybridized carbons (Fsp3) is 0.786. The summed E-state index contributed by atoms with van der Waals surface area (Å²) in [5.74, 6) is -0.423. The number of rotatable bonds is 8. The summed E-state index contributed by atoms with van der Waals surface area (Å²) in [5.41, 5.74) is 0. The molecule has 0 aromatic carbocycles. The second kappa shape index (κ2) is 9.33. The average molecular weight is 299 g/mol. The number of carbonyl (C=O) groups is 3. The summed E-state index contributed by atoms with van der Waals surface area (Å²) >= 11 is 0. The van der Waals surface area contributed by atoms with E-state index in [1.54, 1.807) is 0 Å². The Hall–Kier alpha value is -1.63. The number of hydrogen-bond donors (Lipinski definition) is 3. The van der Waals surface area contributed by atoms with Crippen molar-refractivity contribution in [2.45, 2.75) is 32.6 Å². The maximum atomic E-state index is 11.7. The molecule has 0 radical (unpaired) electrons. The zero-order valence-electron chi connectivity index (χ0n) is 12.6. The molecule has 0 aromatic heterocycles. The van der Waals surface area contributed by atoms with Gasteiger partial charge in [-0.05, 0) is 38.3 Å². The molecule has 0 saturated carbocycles. The molecule has 21 heavy (non-hydrogen) atoms. The largest absolute Gasteiger partial charge is 0.481 e. The molecule has 0 aliphatic carbocycles. The third kappa shape index (κ3) is 8.29. The van der Waals surface area contributed by atoms with Gasteiger partial charge in [0.05, 0.1) is 6.54 Å². The van der Waals surface area contributed by atoms with E-state index in [-0.39, 0.29) is 18.2 Å². The van der Waals surface area contributed by atoms with Crippen LogP contribution in [-0.2, 0) is 14.4 Å². The van der Waals surface area contributed by atoms with Gasteiger partial charge in [-0.2, -0.15) is 0 Å². The summed E-state index contributed by atoms with van der Waals surface area (Å²) in [4.78, 5) is 35.0. The minimum atomic E-state index is -0.740. The van der Waals surface area contributed by atoms with E-state index >= 15 is 0 Å². The minimum absolute atomic E-state index is 0.0376. The number of carboxylic acid groups (broad SMARTS) is 1. The summed E-state index contributed by atoms with van der Waals surface area (Å²) in [6.07, 6.45) is 2.86. The van der Waals surface area contributed by atoms with E-state index in [0.29, 0.717) is 25.6 Å². The number of nitrogens with one attached hydrogen (secondary N) is 2. The molecule has 1 aliphatic rings. The van der Waals surface area contributed by atoms with Crippen LogP contribution in [-0.4, -0.2) is 60.5 Å². The molecule has 1 fully saturated rings. The van der Waals surface area contributed by atoms with Crippen molar-refractivity contribution in [3.8, 4) is 0 Å². The number of amides is 2. The second-order valence-corrected chi connectivity index (χ2v) is 5.48. The Bertz CT molecular complexity index is 365. The molecule has 0 spiro atoms. The van der Waals surface area contributed by atoms with Gasteiger partial charge in [0.1, 0.15) is 0 Å². The predicted octanol–water partition coefficient (Wildman–Crippen LogP) is -0.184. The van der Waals surface area contributed by atoms with Gasteiger partial charge in [-0.3, -0.25) is 19.3 Å². The van der Waals surface area contributed by atoms with E-state index < -0.39 is 5.97 Å². The van der Waals surface area contributed by atoms with Crippen LogP contribution in [0.2, 0.25) is 0 Å². The lowest BCUT2D eigenvalue weighted by Gasteiger charge is -2.31. The molecule has 1 heterocycles. The van der Waals surface area contributed by atoms with Crippen LogP contribution in [0.4, 0.5) is 0 Å². The highest BCUT2D eigenvalue weighted by Crippen LogP contribution is 2.21. The van der Waals surface area contributed by atoms with Crippen LogP contribution in [0.3, 0.4) is 0 Å². The molecule has 7 nitrogen and oxygen atoms in total. The summed E-state index contributed by atoms with van der Waals surface area (Å²) in [6.45, 7) is 4.36. The summed E-state index contributed by atoms with van der Waals surface area (Å²) < 4.78 is 0. The molecule has 2 amide bonds. The first-order chi connectivity index (χ1) is 9.97. The van der Waals surface area contributed by atoms with Crippen LogP contribution in [0.1, 0.15) is 32.6 Å². The standard InChI is InChI=1S/C14H25N3O4/c1-11(18)15-6-7-16-13(19)10-17-8-4-12(5-9-17)2-3-14(20)21/h12H,2-10H2,1H3,(H,15,18)(H,16,19)(H,20,21). The Morgan fingerprint density at radius 2 is 1.76 bits per heavy atom. The van der Waals surface area contributed by atoms with E-state index in [4.69, 9.17) is 5.11 Å². The Balaban J connectivity index is 2.10. The topological polar surface area (TPSA) is 98.7 Å². The average Bonchev–Trinajstić information content (AvgIpc) is 2.42. The summed E-state index contributed by atoms with van der Waals surface area (Å²) in [5, 5.41) is 14.0. The van der Waals surface area contributed by atoms with Crippen molar-refractivity contribution in [3.05, 3.63) is 0 Å². The Morgan fingerprint density at radius 1 is 1.14 bits per heavy atom. The zero-order chi connectivity index (χ0) is 15.7. The fourth-order valence-corrected chi connectivity index (χ4v) is 2.46. The zero-order valence-corrected chi connectivity index (χ0v) is 12.6. The molecular weight excluding hydrogens is 274 g/mol. The highest BCUT2D eigenvalue weighted by molar-refractivity contribution is 5.78. The van der Waals surface area contributed by atoms with Crippen molar-refractivity contribution in [2.24, 2.45) is 5.92 Å². The van der Waals surface area contributed by atoms with Crippen molar-refractivity contribution in [1.82, 2.24) is 15.5 Å². The van der Waals surface area contributed by atoms with Crippen LogP contribution in [0.25, 0.3) is 0 Å². The molecule has 120 valence electrons. The molecule has 0 aromatic rings. The number of carboxylic acids is 1. The van der Waals surface area contributed by atoms with Crippen molar-refractivity contribution < 1.29 is 19.5 Å². The van der Waals surface area contributed by atoms with Crippen LogP contribution in [0.15, 0.2) is 0 Å². The van der Waals surface area contributed by atoms with Crippen LogP contribution in [0.5, 0.6) is 0 Å². The van der Waals surface area contributed by atoms with Gasteiger partial charge in [-0.25, -0.2) is 0 Å². The van der Waals surface area contributed by atoms with Gasteiger partial charge in [0.15, 0.2) is 0 Å². The van der Waals surface area contributed by atoms with E-state index in [1.807, 2.05) is 0 Å². The normalized spacial score (nSPS) is 16.4. The van der Waals surface area contributed by atoms with Crippen molar-refractivity contribution in [1.29, 1.82) is 0 Å². The molecule has 0 unspecified atom stereocenters. The highest BCUT2D eigenvalue weighted by Gasteiger charge is 2.21. The van der Waals surface area contributed by atoms with Gasteiger partial charge in [0.2, 0.25) is 11.8 Å². The van der Waals surface area contributed by atoms with Gasteiger partial charge in [-0.15, -0.1) is 0 Å². The van der Waals surface area contributed by atoms with E-state index in [0.717, 1.165) is 32.4 Å². The minimum Gasteiger partial charge on any atom is -0.481 e. The third-order valence-electron chi connectivity index (χ3n) is 3.66. The van der Waals surface area contributed by atoms with Crippen molar-refractivity contribution in [2.75, 3.05) is 32.7 Å². The van der Waals surface area contributed by atoms with Crippen molar-refractivity contribution >= 4 is 17.8 Å². The summed E-state index contributed by atoms with van der Waals surface area (Å²) in [7, 11) is 0. The van der Waals surface area contributed by atoms with Crippen LogP contribution < -0.4 is 10.6 Å². The van der Waals surface area contributed by atoms with E-state index in [1.165, 1.54) is 6.92 Å². The molecule has 1 rings (SSSR count). The van der Waals surface area contributed by atoms with Crippen LogP contribution >= 0.6 is 0 Å². The lowest BCUT2D eigenvalue weighted by molar-refractivity contribution is -0.137. The predicted molar refractivity (Wildman–Crippen MR) is 77.7 cm³/mol. The maximum absolute atomic E-state index is 11.7. The number of nitrogens with zero attached hydrogens (tertiary/aromatic N) is 1. The number of piperidine rings is 1. The third-order valence-corrected chi connectivity index (χ3v) is 3.66. The first-order valence-electron chi connectivity index (χ1n) is 7.42. The van der Waals surface area contributed by atoms with Gasteiger partial charge in [0, 0.05) is 26.4 Å². The lowest BCUT2D eigenvalue weighted by Crippen LogP contribution is -2.43. The monoisotopic (exact) mass is 299 g/mol. The fourth-order valence-electron chi connectivity index (χ4n) is 2.46. The number of carbonyl (C=O) groups excluding carboxylic acids is 2. The smallest absolute Gasteiger partial charge is 0.303 e. The first-order valence-corrected chi connectivity index (χ1v) is 7.42. The maximum Gasteiger partial charge on any atom is 0.303 e. The van der Waals surface area contributed by atoms with Crippen LogP contribution in [0, 0.1) is 5.92 Å². The van der Waals surface area contributed by atoms with Gasteiger partial charge in [0.25, 0.3) is 0 Å². The Labute approximate surface area is 125 Å². The summed E-state index contributed by atoms with van der Waals surface area (Å²) in [6, 6.07) is 0. The molecule has 0 bridgehead atoms. The number of aliphatic carboxylic acids is 1. The molecule has 1 saturated heterocycles. The molecular formula is C14H25N3O4. The van der Waals surface area contributed by atoms with Gasteiger partial charge >= 0.3 is 5.97 Å². The Morgan fingerprint density at radius 3 is 2.33 bits per heavy atom. The van der Waals surface area contributed by atoms with Gasteiger partial charge in [-0.1, -0.05) is 0 Å².